The largest absolute Gasteiger partial charge is 0.337 e. The Bertz CT molecular complexity index is 832. The molecule has 0 radical (unpaired) electrons. The van der Waals surface area contributed by atoms with Crippen LogP contribution in [0.1, 0.15) is 11.4 Å². The Balaban J connectivity index is 1.69. The lowest BCUT2D eigenvalue weighted by Crippen LogP contribution is -1.88. The summed E-state index contributed by atoms with van der Waals surface area (Å²) < 4.78 is 0. The lowest BCUT2D eigenvalue weighted by atomic mass is 10.2. The molecule has 0 aliphatic carbocycles. The first-order valence-corrected chi connectivity index (χ1v) is 6.48. The maximum atomic E-state index is 10.5. The van der Waals surface area contributed by atoms with E-state index in [1.807, 2.05) is 24.3 Å². The molecule has 7 heteroatoms. The summed E-state index contributed by atoms with van der Waals surface area (Å²) in [4.78, 5) is 17.5. The SMILES string of the molecule is O=[N+]([O-])c1ccc(C=N/N=C/c2nc3ccccc3[nH]2)cc1. The van der Waals surface area contributed by atoms with Crippen molar-refractivity contribution in [3.63, 3.8) is 0 Å². The number of hydrogen-bond acceptors (Lipinski definition) is 5. The van der Waals surface area contributed by atoms with Crippen molar-refractivity contribution in [1.82, 2.24) is 9.97 Å². The van der Waals surface area contributed by atoms with Crippen LogP contribution in [0, 0.1) is 10.1 Å². The lowest BCUT2D eigenvalue weighted by Gasteiger charge is -1.91. The van der Waals surface area contributed by atoms with Crippen LogP contribution in [0.3, 0.4) is 0 Å². The smallest absolute Gasteiger partial charge is 0.269 e. The molecule has 0 fully saturated rings. The number of imidazole rings is 1. The van der Waals surface area contributed by atoms with Crippen LogP contribution in [0.25, 0.3) is 11.0 Å². The fraction of sp³-hybridized carbons (Fsp3) is 0. The van der Waals surface area contributed by atoms with E-state index in [-0.39, 0.29) is 5.69 Å². The topological polar surface area (TPSA) is 96.5 Å². The van der Waals surface area contributed by atoms with Crippen LogP contribution in [0.4, 0.5) is 5.69 Å². The Kier molecular flexibility index (Phi) is 3.69. The first-order valence-electron chi connectivity index (χ1n) is 6.48. The molecule has 108 valence electrons. The number of non-ortho nitro benzene ring substituents is 1. The Morgan fingerprint density at radius 3 is 2.50 bits per heavy atom. The Morgan fingerprint density at radius 1 is 1.05 bits per heavy atom. The van der Waals surface area contributed by atoms with E-state index in [4.69, 9.17) is 0 Å². The quantitative estimate of drug-likeness (QED) is 0.455. The van der Waals surface area contributed by atoms with Gasteiger partial charge in [-0.3, -0.25) is 10.1 Å². The molecule has 0 unspecified atom stereocenters. The summed E-state index contributed by atoms with van der Waals surface area (Å²) in [7, 11) is 0. The molecule has 3 aromatic rings. The van der Waals surface area contributed by atoms with E-state index in [0.717, 1.165) is 16.6 Å². The molecule has 1 heterocycles. The van der Waals surface area contributed by atoms with Crippen molar-refractivity contribution in [2.75, 3.05) is 0 Å². The fourth-order valence-corrected chi connectivity index (χ4v) is 1.90. The van der Waals surface area contributed by atoms with Crippen molar-refractivity contribution in [3.8, 4) is 0 Å². The van der Waals surface area contributed by atoms with Gasteiger partial charge in [0.05, 0.1) is 28.4 Å². The minimum Gasteiger partial charge on any atom is -0.337 e. The van der Waals surface area contributed by atoms with Crippen LogP contribution in [0.2, 0.25) is 0 Å². The van der Waals surface area contributed by atoms with E-state index in [9.17, 15) is 10.1 Å². The van der Waals surface area contributed by atoms with Gasteiger partial charge in [-0.2, -0.15) is 10.2 Å². The molecule has 0 bridgehead atoms. The van der Waals surface area contributed by atoms with Gasteiger partial charge < -0.3 is 4.98 Å². The normalized spacial score (nSPS) is 11.6. The van der Waals surface area contributed by atoms with Gasteiger partial charge >= 0.3 is 0 Å². The van der Waals surface area contributed by atoms with Crippen LogP contribution in [0.15, 0.2) is 58.7 Å². The van der Waals surface area contributed by atoms with Gasteiger partial charge in [0, 0.05) is 12.1 Å². The highest BCUT2D eigenvalue weighted by Crippen LogP contribution is 2.11. The van der Waals surface area contributed by atoms with Gasteiger partial charge in [0.1, 0.15) is 0 Å². The summed E-state index contributed by atoms with van der Waals surface area (Å²) in [6, 6.07) is 13.7. The van der Waals surface area contributed by atoms with Crippen molar-refractivity contribution in [3.05, 3.63) is 70.0 Å². The third kappa shape index (κ3) is 3.04. The van der Waals surface area contributed by atoms with Gasteiger partial charge in [-0.15, -0.1) is 0 Å². The summed E-state index contributed by atoms with van der Waals surface area (Å²) in [6.45, 7) is 0. The highest BCUT2D eigenvalue weighted by Gasteiger charge is 2.02. The number of rotatable bonds is 4. The second kappa shape index (κ2) is 5.96. The van der Waals surface area contributed by atoms with Crippen LogP contribution in [0.5, 0.6) is 0 Å². The highest BCUT2D eigenvalue weighted by atomic mass is 16.6. The van der Waals surface area contributed by atoms with E-state index < -0.39 is 4.92 Å². The summed E-state index contributed by atoms with van der Waals surface area (Å²) in [5.41, 5.74) is 2.57. The summed E-state index contributed by atoms with van der Waals surface area (Å²) in [6.07, 6.45) is 3.03. The van der Waals surface area contributed by atoms with E-state index in [0.29, 0.717) is 5.82 Å². The summed E-state index contributed by atoms with van der Waals surface area (Å²) in [5.74, 6) is 0.613. The molecule has 0 saturated carbocycles. The molecular weight excluding hydrogens is 282 g/mol. The lowest BCUT2D eigenvalue weighted by molar-refractivity contribution is -0.384. The van der Waals surface area contributed by atoms with Crippen molar-refractivity contribution in [1.29, 1.82) is 0 Å². The van der Waals surface area contributed by atoms with Gasteiger partial charge in [0.2, 0.25) is 0 Å². The zero-order chi connectivity index (χ0) is 15.4. The molecule has 0 amide bonds. The molecule has 7 nitrogen and oxygen atoms in total. The fourth-order valence-electron chi connectivity index (χ4n) is 1.90. The van der Waals surface area contributed by atoms with Gasteiger partial charge in [-0.05, 0) is 29.8 Å². The van der Waals surface area contributed by atoms with E-state index in [2.05, 4.69) is 20.2 Å². The number of hydrogen-bond donors (Lipinski definition) is 1. The molecule has 0 aliphatic heterocycles. The van der Waals surface area contributed by atoms with Crippen molar-refractivity contribution >= 4 is 29.1 Å². The molecule has 0 spiro atoms. The number of aromatic nitrogens is 2. The molecule has 0 aliphatic rings. The summed E-state index contributed by atoms with van der Waals surface area (Å²) in [5, 5.41) is 18.3. The third-order valence-electron chi connectivity index (χ3n) is 2.97. The van der Waals surface area contributed by atoms with Gasteiger partial charge in [0.15, 0.2) is 5.82 Å². The average molecular weight is 293 g/mol. The molecule has 22 heavy (non-hydrogen) atoms. The maximum Gasteiger partial charge on any atom is 0.269 e. The minimum absolute atomic E-state index is 0.0444. The highest BCUT2D eigenvalue weighted by molar-refractivity contribution is 5.85. The maximum absolute atomic E-state index is 10.5. The Labute approximate surface area is 125 Å². The van der Waals surface area contributed by atoms with Gasteiger partial charge in [-0.25, -0.2) is 4.98 Å². The zero-order valence-electron chi connectivity index (χ0n) is 11.4. The molecule has 1 N–H and O–H groups in total. The molecule has 0 saturated heterocycles. The van der Waals surface area contributed by atoms with Gasteiger partial charge in [-0.1, -0.05) is 12.1 Å². The first-order chi connectivity index (χ1) is 10.7. The number of para-hydroxylation sites is 2. The molecular formula is C15H11N5O2. The second-order valence-electron chi connectivity index (χ2n) is 4.48. The zero-order valence-corrected chi connectivity index (χ0v) is 11.4. The van der Waals surface area contributed by atoms with Crippen LogP contribution >= 0.6 is 0 Å². The number of fused-ring (bicyclic) bond motifs is 1. The van der Waals surface area contributed by atoms with E-state index >= 15 is 0 Å². The van der Waals surface area contributed by atoms with Crippen LogP contribution < -0.4 is 0 Å². The predicted molar refractivity (Wildman–Crippen MR) is 84.4 cm³/mol. The van der Waals surface area contributed by atoms with Crippen molar-refractivity contribution in [2.45, 2.75) is 0 Å². The number of nitrogens with one attached hydrogen (secondary N) is 1. The second-order valence-corrected chi connectivity index (χ2v) is 4.48. The summed E-state index contributed by atoms with van der Waals surface area (Å²) >= 11 is 0. The van der Waals surface area contributed by atoms with Crippen molar-refractivity contribution < 1.29 is 4.92 Å². The van der Waals surface area contributed by atoms with E-state index in [1.165, 1.54) is 24.6 Å². The third-order valence-corrected chi connectivity index (χ3v) is 2.97. The predicted octanol–water partition coefficient (Wildman–Crippen LogP) is 2.92. The standard InChI is InChI=1S/C15H11N5O2/c21-20(22)12-7-5-11(6-8-12)9-16-17-10-15-18-13-3-1-2-4-14(13)19-15/h1-10H,(H,18,19)/b16-9?,17-10+. The number of nitro benzene ring substituents is 1. The average Bonchev–Trinajstić information content (AvgIpc) is 2.95. The number of benzene rings is 2. The van der Waals surface area contributed by atoms with Crippen LogP contribution in [-0.4, -0.2) is 27.3 Å². The number of H-pyrrole nitrogens is 1. The molecule has 2 aromatic carbocycles. The Hall–Kier alpha value is -3.35. The van der Waals surface area contributed by atoms with Crippen LogP contribution in [-0.2, 0) is 0 Å². The van der Waals surface area contributed by atoms with E-state index in [1.54, 1.807) is 12.1 Å². The number of nitro groups is 1. The monoisotopic (exact) mass is 293 g/mol. The van der Waals surface area contributed by atoms with Crippen molar-refractivity contribution in [2.24, 2.45) is 10.2 Å². The number of aromatic amines is 1. The first kappa shape index (κ1) is 13.6. The number of nitrogens with zero attached hydrogens (tertiary/aromatic N) is 4. The molecule has 3 rings (SSSR count). The molecule has 0 atom stereocenters. The Morgan fingerprint density at radius 2 is 1.77 bits per heavy atom. The molecule has 1 aromatic heterocycles. The minimum atomic E-state index is -0.444. The van der Waals surface area contributed by atoms with Gasteiger partial charge in [0.25, 0.3) is 5.69 Å².